The van der Waals surface area contributed by atoms with E-state index in [1.165, 1.54) is 32.1 Å². The Morgan fingerprint density at radius 1 is 1.25 bits per heavy atom. The molecule has 0 saturated carbocycles. The highest BCUT2D eigenvalue weighted by molar-refractivity contribution is 5.73. The first-order valence-corrected chi connectivity index (χ1v) is 6.41. The van der Waals surface area contributed by atoms with Gasteiger partial charge in [0.1, 0.15) is 6.29 Å². The Balaban J connectivity index is 3.67. The first kappa shape index (κ1) is 15.4. The van der Waals surface area contributed by atoms with Crippen LogP contribution in [0.25, 0.3) is 0 Å². The van der Waals surface area contributed by atoms with E-state index < -0.39 is 0 Å². The zero-order chi connectivity index (χ0) is 12.2. The van der Waals surface area contributed by atoms with Gasteiger partial charge in [-0.3, -0.25) is 4.79 Å². The van der Waals surface area contributed by atoms with Crippen LogP contribution in [0.4, 0.5) is 0 Å². The van der Waals surface area contributed by atoms with E-state index in [0.717, 1.165) is 24.7 Å². The van der Waals surface area contributed by atoms with Crippen LogP contribution in [0.2, 0.25) is 0 Å². The molecule has 0 aliphatic heterocycles. The molecule has 0 saturated heterocycles. The first-order valence-electron chi connectivity index (χ1n) is 6.41. The number of unbranched alkanes of at least 4 members (excludes halogenated alkanes) is 5. The molecule has 0 spiro atoms. The number of carbonyl (C=O) groups is 1. The molecule has 0 amide bonds. The molecule has 0 fully saturated rings. The van der Waals surface area contributed by atoms with Crippen molar-refractivity contribution in [1.29, 1.82) is 0 Å². The highest BCUT2D eigenvalue weighted by Gasteiger charge is 2.02. The van der Waals surface area contributed by atoms with E-state index in [-0.39, 0.29) is 6.10 Å². The maximum absolute atomic E-state index is 10.8. The second-order valence-electron chi connectivity index (χ2n) is 4.35. The summed E-state index contributed by atoms with van der Waals surface area (Å²) in [5, 5.41) is 0. The van der Waals surface area contributed by atoms with Gasteiger partial charge >= 0.3 is 0 Å². The highest BCUT2D eigenvalue weighted by atomic mass is 16.5. The Hall–Kier alpha value is -0.630. The van der Waals surface area contributed by atoms with Crippen LogP contribution in [-0.2, 0) is 9.53 Å². The summed E-state index contributed by atoms with van der Waals surface area (Å²) in [5.74, 6) is 0. The molecule has 0 heterocycles. The van der Waals surface area contributed by atoms with Crippen molar-refractivity contribution in [3.8, 4) is 0 Å². The van der Waals surface area contributed by atoms with Crippen molar-refractivity contribution >= 4 is 6.29 Å². The number of carbonyl (C=O) groups excluding carboxylic acids is 1. The minimum atomic E-state index is 0.136. The minimum Gasteiger partial charge on any atom is -0.381 e. The number of rotatable bonds is 10. The van der Waals surface area contributed by atoms with Gasteiger partial charge in [0.25, 0.3) is 0 Å². The molecule has 0 radical (unpaired) electrons. The van der Waals surface area contributed by atoms with Gasteiger partial charge < -0.3 is 4.74 Å². The van der Waals surface area contributed by atoms with Crippen molar-refractivity contribution in [3.05, 3.63) is 11.6 Å². The van der Waals surface area contributed by atoms with Gasteiger partial charge in [0.2, 0.25) is 0 Å². The Bertz CT molecular complexity index is 197. The molecule has 0 rings (SSSR count). The Morgan fingerprint density at radius 3 is 2.50 bits per heavy atom. The summed E-state index contributed by atoms with van der Waals surface area (Å²) < 4.78 is 5.14. The summed E-state index contributed by atoms with van der Waals surface area (Å²) in [6, 6.07) is 0. The largest absolute Gasteiger partial charge is 0.381 e. The molecule has 0 N–H and O–H groups in total. The number of aldehydes is 1. The third kappa shape index (κ3) is 8.66. The lowest BCUT2D eigenvalue weighted by Crippen LogP contribution is -2.06. The van der Waals surface area contributed by atoms with Crippen molar-refractivity contribution in [3.63, 3.8) is 0 Å². The predicted octanol–water partition coefficient (Wildman–Crippen LogP) is 3.90. The van der Waals surface area contributed by atoms with E-state index in [9.17, 15) is 4.79 Å². The second-order valence-corrected chi connectivity index (χ2v) is 4.35. The fourth-order valence-electron chi connectivity index (χ4n) is 1.63. The summed E-state index contributed by atoms with van der Waals surface area (Å²) >= 11 is 0. The monoisotopic (exact) mass is 226 g/mol. The third-order valence-electron chi connectivity index (χ3n) is 2.79. The van der Waals surface area contributed by atoms with Crippen molar-refractivity contribution < 1.29 is 9.53 Å². The van der Waals surface area contributed by atoms with Gasteiger partial charge in [-0.2, -0.15) is 0 Å². The van der Waals surface area contributed by atoms with Crippen molar-refractivity contribution in [1.82, 2.24) is 0 Å². The standard InChI is InChI=1S/C14H26O2/c1-4-5-6-7-8-9-10-14(12-15)11-13(2)16-3/h10,12-13H,4-9,11H2,1-3H3/b14-10-. The van der Waals surface area contributed by atoms with E-state index in [4.69, 9.17) is 4.74 Å². The van der Waals surface area contributed by atoms with Gasteiger partial charge in [0.15, 0.2) is 0 Å². The van der Waals surface area contributed by atoms with Gasteiger partial charge in [-0.15, -0.1) is 0 Å². The maximum atomic E-state index is 10.8. The molecular weight excluding hydrogens is 200 g/mol. The van der Waals surface area contributed by atoms with E-state index in [1.807, 2.05) is 6.92 Å². The quantitative estimate of drug-likeness (QED) is 0.321. The zero-order valence-electron chi connectivity index (χ0n) is 11.0. The zero-order valence-corrected chi connectivity index (χ0v) is 11.0. The molecule has 0 aromatic rings. The highest BCUT2D eigenvalue weighted by Crippen LogP contribution is 2.10. The van der Waals surface area contributed by atoms with Crippen LogP contribution in [0.15, 0.2) is 11.6 Å². The summed E-state index contributed by atoms with van der Waals surface area (Å²) in [7, 11) is 1.68. The molecule has 2 heteroatoms. The van der Waals surface area contributed by atoms with Crippen LogP contribution >= 0.6 is 0 Å². The summed E-state index contributed by atoms with van der Waals surface area (Å²) in [5.41, 5.74) is 0.879. The molecule has 2 nitrogen and oxygen atoms in total. The normalized spacial score (nSPS) is 13.8. The van der Waals surface area contributed by atoms with Crippen LogP contribution < -0.4 is 0 Å². The van der Waals surface area contributed by atoms with Crippen LogP contribution in [0.1, 0.15) is 58.8 Å². The molecule has 0 bridgehead atoms. The molecule has 0 aromatic carbocycles. The molecule has 0 aliphatic rings. The number of methoxy groups -OCH3 is 1. The lowest BCUT2D eigenvalue weighted by molar-refractivity contribution is -0.105. The number of hydrogen-bond acceptors (Lipinski definition) is 2. The van der Waals surface area contributed by atoms with Gasteiger partial charge in [-0.1, -0.05) is 38.7 Å². The molecular formula is C14H26O2. The third-order valence-corrected chi connectivity index (χ3v) is 2.79. The topological polar surface area (TPSA) is 26.3 Å². The van der Waals surface area contributed by atoms with E-state index in [0.29, 0.717) is 0 Å². The van der Waals surface area contributed by atoms with Gasteiger partial charge in [0, 0.05) is 13.5 Å². The van der Waals surface area contributed by atoms with Crippen molar-refractivity contribution in [2.24, 2.45) is 0 Å². The smallest absolute Gasteiger partial charge is 0.145 e. The maximum Gasteiger partial charge on any atom is 0.145 e. The Morgan fingerprint density at radius 2 is 1.94 bits per heavy atom. The molecule has 1 unspecified atom stereocenters. The van der Waals surface area contributed by atoms with Gasteiger partial charge in [-0.05, 0) is 25.3 Å². The first-order chi connectivity index (χ1) is 7.74. The van der Waals surface area contributed by atoms with Crippen LogP contribution in [0, 0.1) is 0 Å². The van der Waals surface area contributed by atoms with E-state index >= 15 is 0 Å². The molecule has 0 aliphatic carbocycles. The number of allylic oxidation sites excluding steroid dienone is 1. The molecule has 1 atom stereocenters. The Labute approximate surface area is 100 Å². The average molecular weight is 226 g/mol. The molecule has 0 aromatic heterocycles. The van der Waals surface area contributed by atoms with Crippen LogP contribution in [0.3, 0.4) is 0 Å². The summed E-state index contributed by atoms with van der Waals surface area (Å²) in [6.07, 6.45) is 11.3. The van der Waals surface area contributed by atoms with E-state index in [1.54, 1.807) is 7.11 Å². The second kappa shape index (κ2) is 10.9. The fraction of sp³-hybridized carbons (Fsp3) is 0.786. The number of ether oxygens (including phenoxy) is 1. The Kier molecular flexibility index (Phi) is 10.4. The minimum absolute atomic E-state index is 0.136. The van der Waals surface area contributed by atoms with Gasteiger partial charge in [0.05, 0.1) is 6.10 Å². The summed E-state index contributed by atoms with van der Waals surface area (Å²) in [4.78, 5) is 10.8. The van der Waals surface area contributed by atoms with Crippen molar-refractivity contribution in [2.45, 2.75) is 64.9 Å². The fourth-order valence-corrected chi connectivity index (χ4v) is 1.63. The molecule has 94 valence electrons. The predicted molar refractivity (Wildman–Crippen MR) is 68.6 cm³/mol. The molecule has 16 heavy (non-hydrogen) atoms. The van der Waals surface area contributed by atoms with Crippen LogP contribution in [-0.4, -0.2) is 19.5 Å². The van der Waals surface area contributed by atoms with Gasteiger partial charge in [-0.25, -0.2) is 0 Å². The van der Waals surface area contributed by atoms with E-state index in [2.05, 4.69) is 13.0 Å². The number of hydrogen-bond donors (Lipinski definition) is 0. The van der Waals surface area contributed by atoms with Crippen LogP contribution in [0.5, 0.6) is 0 Å². The lowest BCUT2D eigenvalue weighted by atomic mass is 10.1. The average Bonchev–Trinajstić information content (AvgIpc) is 2.31. The summed E-state index contributed by atoms with van der Waals surface area (Å²) in [6.45, 7) is 4.20. The SMILES string of the molecule is CCCCCCC/C=C(\C=O)CC(C)OC. The van der Waals surface area contributed by atoms with Crippen molar-refractivity contribution in [2.75, 3.05) is 7.11 Å². The lowest BCUT2D eigenvalue weighted by Gasteiger charge is -2.08.